The molecule has 0 saturated carbocycles. The van der Waals surface area contributed by atoms with E-state index < -0.39 is 36.4 Å². The Labute approximate surface area is 220 Å². The topological polar surface area (TPSA) is 134 Å². The summed E-state index contributed by atoms with van der Waals surface area (Å²) in [6.45, 7) is 2.64. The van der Waals surface area contributed by atoms with Crippen molar-refractivity contribution in [1.82, 2.24) is 0 Å². The van der Waals surface area contributed by atoms with Gasteiger partial charge < -0.3 is 35.8 Å². The molecule has 0 bridgehead atoms. The first kappa shape index (κ1) is 26.9. The first-order valence-electron chi connectivity index (χ1n) is 12.1. The molecular weight excluding hydrogens is 496 g/mol. The van der Waals surface area contributed by atoms with Gasteiger partial charge in [0, 0.05) is 22.8 Å². The van der Waals surface area contributed by atoms with E-state index in [-0.39, 0.29) is 6.54 Å². The Bertz CT molecular complexity index is 1220. The van der Waals surface area contributed by atoms with Crippen molar-refractivity contribution in [1.29, 1.82) is 0 Å². The van der Waals surface area contributed by atoms with Gasteiger partial charge in [0.15, 0.2) is 0 Å². The molecule has 0 spiro atoms. The van der Waals surface area contributed by atoms with Gasteiger partial charge in [-0.15, -0.1) is 0 Å². The molecule has 6 N–H and O–H groups in total. The van der Waals surface area contributed by atoms with Crippen LogP contribution in [-0.4, -0.2) is 58.8 Å². The summed E-state index contributed by atoms with van der Waals surface area (Å²) in [5.41, 5.74) is 8.78. The lowest BCUT2D eigenvalue weighted by molar-refractivity contribution is -0.220. The van der Waals surface area contributed by atoms with Gasteiger partial charge in [0.2, 0.25) is 5.91 Å². The predicted octanol–water partition coefficient (Wildman–Crippen LogP) is 3.06. The van der Waals surface area contributed by atoms with Crippen LogP contribution in [0.15, 0.2) is 66.7 Å². The van der Waals surface area contributed by atoms with Gasteiger partial charge in [-0.3, -0.25) is 4.79 Å². The van der Waals surface area contributed by atoms with Crippen molar-refractivity contribution in [3.8, 4) is 5.75 Å². The lowest BCUT2D eigenvalue weighted by Gasteiger charge is -2.41. The zero-order chi connectivity index (χ0) is 26.5. The molecular formula is C28H31ClN2O6. The number of benzene rings is 3. The molecule has 1 heterocycles. The van der Waals surface area contributed by atoms with Gasteiger partial charge in [0.05, 0.1) is 6.61 Å². The van der Waals surface area contributed by atoms with E-state index in [1.165, 1.54) is 0 Å². The molecule has 1 aliphatic rings. The third-order valence-corrected chi connectivity index (χ3v) is 6.76. The summed E-state index contributed by atoms with van der Waals surface area (Å²) in [5.74, 6) is 0.235. The molecule has 0 radical (unpaired) electrons. The minimum absolute atomic E-state index is 0.121. The smallest absolute Gasteiger partial charge is 0.248 e. The Morgan fingerprint density at radius 1 is 1.03 bits per heavy atom. The normalized spacial score (nSPS) is 23.4. The van der Waals surface area contributed by atoms with Gasteiger partial charge >= 0.3 is 0 Å². The second kappa shape index (κ2) is 11.9. The molecule has 1 saturated heterocycles. The SMILES string of the molecule is CCOc1ccc(Cc2cc([C@@H]3O[C@H](CNc4cccc(C(N)=O)c4)[C@@H](O)[C@H](O)[C@H]3O)ccc2Cl)cc1. The molecule has 196 valence electrons. The Balaban J connectivity index is 1.50. The monoisotopic (exact) mass is 526 g/mol. The Morgan fingerprint density at radius 2 is 1.78 bits per heavy atom. The van der Waals surface area contributed by atoms with Gasteiger partial charge in [0.25, 0.3) is 0 Å². The highest BCUT2D eigenvalue weighted by Crippen LogP contribution is 2.35. The lowest BCUT2D eigenvalue weighted by Crippen LogP contribution is -2.56. The van der Waals surface area contributed by atoms with Crippen molar-refractivity contribution in [2.45, 2.75) is 43.9 Å². The number of ether oxygens (including phenoxy) is 2. The van der Waals surface area contributed by atoms with E-state index >= 15 is 0 Å². The molecule has 9 heteroatoms. The number of nitrogens with one attached hydrogen (secondary N) is 1. The average Bonchev–Trinajstić information content (AvgIpc) is 2.90. The summed E-state index contributed by atoms with van der Waals surface area (Å²) in [6, 6.07) is 19.7. The Morgan fingerprint density at radius 3 is 2.49 bits per heavy atom. The molecule has 0 unspecified atom stereocenters. The number of primary amides is 1. The standard InChI is InChI=1S/C28H31ClN2O6/c1-2-36-21-9-6-16(7-10-21)12-19-13-17(8-11-22(19)29)27-26(34)25(33)24(32)23(37-27)15-31-20-5-3-4-18(14-20)28(30)35/h3-11,13-14,23-27,31-34H,2,12,15H2,1H3,(H2,30,35)/t23-,24-,25+,26-,27+/m1/s1. The fourth-order valence-corrected chi connectivity index (χ4v) is 4.58. The molecule has 1 amide bonds. The number of aliphatic hydroxyl groups excluding tert-OH is 3. The third kappa shape index (κ3) is 6.41. The fraction of sp³-hybridized carbons (Fsp3) is 0.321. The van der Waals surface area contributed by atoms with Crippen LogP contribution in [0, 0.1) is 0 Å². The van der Waals surface area contributed by atoms with Crippen LogP contribution in [0.1, 0.15) is 40.1 Å². The van der Waals surface area contributed by atoms with Gasteiger partial charge in [-0.2, -0.15) is 0 Å². The number of hydrogen-bond acceptors (Lipinski definition) is 7. The molecule has 5 atom stereocenters. The van der Waals surface area contributed by atoms with Gasteiger partial charge in [0.1, 0.15) is 36.3 Å². The number of nitrogens with two attached hydrogens (primary N) is 1. The molecule has 1 aliphatic heterocycles. The maximum atomic E-state index is 11.5. The molecule has 1 fully saturated rings. The Kier molecular flexibility index (Phi) is 8.68. The molecule has 8 nitrogen and oxygen atoms in total. The van der Waals surface area contributed by atoms with Crippen LogP contribution in [0.4, 0.5) is 5.69 Å². The second-order valence-corrected chi connectivity index (χ2v) is 9.40. The van der Waals surface area contributed by atoms with Crippen LogP contribution < -0.4 is 15.8 Å². The Hall–Kier alpha value is -3.14. The van der Waals surface area contributed by atoms with Crippen LogP contribution in [0.2, 0.25) is 5.02 Å². The highest BCUT2D eigenvalue weighted by Gasteiger charge is 2.44. The van der Waals surface area contributed by atoms with Crippen LogP contribution in [0.5, 0.6) is 5.75 Å². The highest BCUT2D eigenvalue weighted by molar-refractivity contribution is 6.31. The third-order valence-electron chi connectivity index (χ3n) is 6.39. The average molecular weight is 527 g/mol. The summed E-state index contributed by atoms with van der Waals surface area (Å²) in [4.78, 5) is 11.5. The van der Waals surface area contributed by atoms with Crippen LogP contribution in [-0.2, 0) is 11.2 Å². The zero-order valence-corrected chi connectivity index (χ0v) is 21.1. The van der Waals surface area contributed by atoms with E-state index in [0.29, 0.717) is 34.9 Å². The van der Waals surface area contributed by atoms with Crippen molar-refractivity contribution in [3.63, 3.8) is 0 Å². The molecule has 4 rings (SSSR count). The molecule has 37 heavy (non-hydrogen) atoms. The summed E-state index contributed by atoms with van der Waals surface area (Å²) < 4.78 is 11.6. The van der Waals surface area contributed by atoms with E-state index in [1.54, 1.807) is 36.4 Å². The van der Waals surface area contributed by atoms with Crippen molar-refractivity contribution >= 4 is 23.2 Å². The van der Waals surface area contributed by atoms with Gasteiger partial charge in [-0.1, -0.05) is 41.9 Å². The quantitative estimate of drug-likeness (QED) is 0.289. The predicted molar refractivity (Wildman–Crippen MR) is 141 cm³/mol. The van der Waals surface area contributed by atoms with Gasteiger partial charge in [-0.05, 0) is 66.4 Å². The maximum Gasteiger partial charge on any atom is 0.248 e. The largest absolute Gasteiger partial charge is 0.494 e. The first-order chi connectivity index (χ1) is 17.8. The molecule has 3 aromatic carbocycles. The number of amides is 1. The molecule has 0 aliphatic carbocycles. The van der Waals surface area contributed by atoms with Crippen LogP contribution >= 0.6 is 11.6 Å². The number of anilines is 1. The number of rotatable bonds is 9. The van der Waals surface area contributed by atoms with Gasteiger partial charge in [-0.25, -0.2) is 0 Å². The van der Waals surface area contributed by atoms with E-state index in [4.69, 9.17) is 26.8 Å². The number of carbonyl (C=O) groups is 1. The summed E-state index contributed by atoms with van der Waals surface area (Å²) >= 11 is 6.48. The van der Waals surface area contributed by atoms with Crippen molar-refractivity contribution in [2.75, 3.05) is 18.5 Å². The molecule has 3 aromatic rings. The minimum atomic E-state index is -1.42. The minimum Gasteiger partial charge on any atom is -0.494 e. The van der Waals surface area contributed by atoms with E-state index in [1.807, 2.05) is 37.3 Å². The maximum absolute atomic E-state index is 11.5. The van der Waals surface area contributed by atoms with E-state index in [9.17, 15) is 20.1 Å². The highest BCUT2D eigenvalue weighted by atomic mass is 35.5. The van der Waals surface area contributed by atoms with E-state index in [2.05, 4.69) is 5.32 Å². The number of aliphatic hydroxyl groups is 3. The van der Waals surface area contributed by atoms with Crippen molar-refractivity contribution < 1.29 is 29.6 Å². The lowest BCUT2D eigenvalue weighted by atomic mass is 9.90. The summed E-state index contributed by atoms with van der Waals surface area (Å²) in [6.07, 6.45) is -5.27. The first-order valence-corrected chi connectivity index (χ1v) is 12.5. The number of carbonyl (C=O) groups excluding carboxylic acids is 1. The molecule has 0 aromatic heterocycles. The number of halogens is 1. The zero-order valence-electron chi connectivity index (χ0n) is 20.4. The summed E-state index contributed by atoms with van der Waals surface area (Å²) in [5, 5.41) is 35.6. The van der Waals surface area contributed by atoms with Crippen LogP contribution in [0.25, 0.3) is 0 Å². The van der Waals surface area contributed by atoms with Crippen LogP contribution in [0.3, 0.4) is 0 Å². The number of hydrogen-bond donors (Lipinski definition) is 5. The van der Waals surface area contributed by atoms with Crippen molar-refractivity contribution in [2.24, 2.45) is 5.73 Å². The summed E-state index contributed by atoms with van der Waals surface area (Å²) in [7, 11) is 0. The fourth-order valence-electron chi connectivity index (χ4n) is 4.39. The van der Waals surface area contributed by atoms with E-state index in [0.717, 1.165) is 16.9 Å². The van der Waals surface area contributed by atoms with Crippen molar-refractivity contribution in [3.05, 3.63) is 94.0 Å². The second-order valence-electron chi connectivity index (χ2n) is 9.00.